The molecule has 0 saturated carbocycles. The number of aromatic nitrogens is 2. The Bertz CT molecular complexity index is 738. The van der Waals surface area contributed by atoms with E-state index in [4.69, 9.17) is 19.9 Å². The molecule has 0 saturated heterocycles. The van der Waals surface area contributed by atoms with Crippen LogP contribution in [0.1, 0.15) is 12.6 Å². The highest BCUT2D eigenvalue weighted by Crippen LogP contribution is 2.24. The largest absolute Gasteiger partial charge is 0.494 e. The van der Waals surface area contributed by atoms with Crippen molar-refractivity contribution in [1.29, 1.82) is 0 Å². The Morgan fingerprint density at radius 1 is 1.20 bits per heavy atom. The molecule has 0 aliphatic carbocycles. The Balaban J connectivity index is 2.01. The van der Waals surface area contributed by atoms with Crippen molar-refractivity contribution in [1.82, 2.24) is 15.3 Å². The lowest BCUT2D eigenvalue weighted by Gasteiger charge is -2.11. The minimum absolute atomic E-state index is 0.0780. The summed E-state index contributed by atoms with van der Waals surface area (Å²) in [5.74, 6) is 0.158. The number of imide groups is 1. The Labute approximate surface area is 144 Å². The lowest BCUT2D eigenvalue weighted by atomic mass is 10.3. The van der Waals surface area contributed by atoms with Gasteiger partial charge in [0, 0.05) is 18.5 Å². The number of ether oxygens (including phenoxy) is 3. The van der Waals surface area contributed by atoms with Gasteiger partial charge < -0.3 is 19.9 Å². The molecule has 0 bridgehead atoms. The normalized spacial score (nSPS) is 10.0. The molecule has 0 unspecified atom stereocenters. The second-order valence-electron chi connectivity index (χ2n) is 4.65. The SMILES string of the molecule is CCOc1ccnc(COc2cccnc2OC(=O)NC(=O)CN)c1. The lowest BCUT2D eigenvalue weighted by molar-refractivity contribution is -0.118. The maximum absolute atomic E-state index is 11.6. The predicted molar refractivity (Wildman–Crippen MR) is 87.2 cm³/mol. The van der Waals surface area contributed by atoms with Gasteiger partial charge in [-0.05, 0) is 25.1 Å². The molecular weight excluding hydrogens is 328 g/mol. The number of nitrogens with two attached hydrogens (primary N) is 1. The number of pyridine rings is 2. The van der Waals surface area contributed by atoms with Crippen LogP contribution in [0.4, 0.5) is 4.79 Å². The van der Waals surface area contributed by atoms with Crippen molar-refractivity contribution in [2.75, 3.05) is 13.2 Å². The van der Waals surface area contributed by atoms with Gasteiger partial charge in [0.05, 0.1) is 18.8 Å². The van der Waals surface area contributed by atoms with Crippen LogP contribution in [0, 0.1) is 0 Å². The van der Waals surface area contributed by atoms with Gasteiger partial charge in [0.15, 0.2) is 5.75 Å². The number of hydrogen-bond acceptors (Lipinski definition) is 8. The van der Waals surface area contributed by atoms with Gasteiger partial charge in [0.1, 0.15) is 12.4 Å². The molecule has 2 amide bonds. The first kappa shape index (κ1) is 18.1. The van der Waals surface area contributed by atoms with Crippen LogP contribution in [0.3, 0.4) is 0 Å². The average molecular weight is 346 g/mol. The molecule has 2 heterocycles. The minimum Gasteiger partial charge on any atom is -0.494 e. The molecule has 0 aliphatic heterocycles. The quantitative estimate of drug-likeness (QED) is 0.761. The third-order valence-corrected chi connectivity index (χ3v) is 2.83. The van der Waals surface area contributed by atoms with E-state index in [9.17, 15) is 9.59 Å². The third-order valence-electron chi connectivity index (χ3n) is 2.83. The molecule has 9 nitrogen and oxygen atoms in total. The topological polar surface area (TPSA) is 126 Å². The summed E-state index contributed by atoms with van der Waals surface area (Å²) in [5, 5.41) is 1.95. The summed E-state index contributed by atoms with van der Waals surface area (Å²) >= 11 is 0. The van der Waals surface area contributed by atoms with Gasteiger partial charge in [-0.25, -0.2) is 9.78 Å². The Morgan fingerprint density at radius 2 is 2.04 bits per heavy atom. The van der Waals surface area contributed by atoms with Gasteiger partial charge in [-0.3, -0.25) is 15.1 Å². The molecule has 0 fully saturated rings. The van der Waals surface area contributed by atoms with E-state index in [0.29, 0.717) is 18.1 Å². The van der Waals surface area contributed by atoms with Gasteiger partial charge in [0.2, 0.25) is 5.91 Å². The first-order valence-corrected chi connectivity index (χ1v) is 7.49. The summed E-state index contributed by atoms with van der Waals surface area (Å²) in [5.41, 5.74) is 5.74. The van der Waals surface area contributed by atoms with E-state index in [1.807, 2.05) is 12.2 Å². The van der Waals surface area contributed by atoms with Gasteiger partial charge in [0.25, 0.3) is 5.88 Å². The Hall–Kier alpha value is -3.20. The van der Waals surface area contributed by atoms with Gasteiger partial charge in [-0.15, -0.1) is 0 Å². The second-order valence-corrected chi connectivity index (χ2v) is 4.65. The molecule has 3 N–H and O–H groups in total. The maximum atomic E-state index is 11.6. The van der Waals surface area contributed by atoms with Crippen molar-refractivity contribution in [3.63, 3.8) is 0 Å². The van der Waals surface area contributed by atoms with Crippen LogP contribution >= 0.6 is 0 Å². The van der Waals surface area contributed by atoms with E-state index >= 15 is 0 Å². The van der Waals surface area contributed by atoms with Crippen LogP contribution in [-0.4, -0.2) is 35.1 Å². The second kappa shape index (κ2) is 9.18. The lowest BCUT2D eigenvalue weighted by Crippen LogP contribution is -2.37. The van der Waals surface area contributed by atoms with E-state index < -0.39 is 12.0 Å². The minimum atomic E-state index is -0.990. The van der Waals surface area contributed by atoms with Crippen molar-refractivity contribution in [3.8, 4) is 17.4 Å². The zero-order valence-corrected chi connectivity index (χ0v) is 13.6. The molecule has 0 spiro atoms. The van der Waals surface area contributed by atoms with Crippen molar-refractivity contribution >= 4 is 12.0 Å². The summed E-state index contributed by atoms with van der Waals surface area (Å²) in [6.07, 6.45) is 2.04. The maximum Gasteiger partial charge on any atom is 0.420 e. The van der Waals surface area contributed by atoms with Crippen LogP contribution in [0.2, 0.25) is 0 Å². The van der Waals surface area contributed by atoms with Crippen LogP contribution < -0.4 is 25.3 Å². The molecule has 0 radical (unpaired) electrons. The predicted octanol–water partition coefficient (Wildman–Crippen LogP) is 1.03. The molecule has 0 atom stereocenters. The van der Waals surface area contributed by atoms with Crippen molar-refractivity contribution in [2.45, 2.75) is 13.5 Å². The summed E-state index contributed by atoms with van der Waals surface area (Å²) < 4.78 is 15.9. The van der Waals surface area contributed by atoms with Gasteiger partial charge >= 0.3 is 6.09 Å². The monoisotopic (exact) mass is 346 g/mol. The average Bonchev–Trinajstić information content (AvgIpc) is 2.61. The Morgan fingerprint density at radius 3 is 2.80 bits per heavy atom. The highest BCUT2D eigenvalue weighted by atomic mass is 16.6. The summed E-state index contributed by atoms with van der Waals surface area (Å²) in [6.45, 7) is 2.21. The standard InChI is InChI=1S/C16H18N4O5/c1-2-23-12-5-7-18-11(8-12)10-24-13-4-3-6-19-15(13)25-16(22)20-14(21)9-17/h3-8H,2,9-10,17H2,1H3,(H,20,21,22). The number of rotatable bonds is 7. The van der Waals surface area contributed by atoms with Crippen LogP contribution in [-0.2, 0) is 11.4 Å². The van der Waals surface area contributed by atoms with Crippen LogP contribution in [0.15, 0.2) is 36.7 Å². The molecule has 2 aromatic rings. The van der Waals surface area contributed by atoms with E-state index in [0.717, 1.165) is 0 Å². The third kappa shape index (κ3) is 5.74. The number of nitrogens with one attached hydrogen (secondary N) is 1. The first-order valence-electron chi connectivity index (χ1n) is 7.49. The summed E-state index contributed by atoms with van der Waals surface area (Å²) in [6, 6.07) is 6.68. The van der Waals surface area contributed by atoms with E-state index in [2.05, 4.69) is 9.97 Å². The van der Waals surface area contributed by atoms with Crippen molar-refractivity contribution < 1.29 is 23.8 Å². The fraction of sp³-hybridized carbons (Fsp3) is 0.250. The molecule has 132 valence electrons. The number of nitrogens with zero attached hydrogens (tertiary/aromatic N) is 2. The zero-order chi connectivity index (χ0) is 18.1. The number of amides is 2. The van der Waals surface area contributed by atoms with Gasteiger partial charge in [-0.2, -0.15) is 0 Å². The highest BCUT2D eigenvalue weighted by molar-refractivity contribution is 5.93. The molecule has 0 aliphatic rings. The van der Waals surface area contributed by atoms with Crippen LogP contribution in [0.25, 0.3) is 0 Å². The molecular formula is C16H18N4O5. The van der Waals surface area contributed by atoms with Crippen molar-refractivity contribution in [2.24, 2.45) is 5.73 Å². The van der Waals surface area contributed by atoms with E-state index in [1.54, 1.807) is 30.5 Å². The number of carbonyl (C=O) groups excluding carboxylic acids is 2. The van der Waals surface area contributed by atoms with Crippen molar-refractivity contribution in [3.05, 3.63) is 42.4 Å². The van der Waals surface area contributed by atoms with E-state index in [1.165, 1.54) is 6.20 Å². The van der Waals surface area contributed by atoms with Crippen LogP contribution in [0.5, 0.6) is 17.4 Å². The first-order chi connectivity index (χ1) is 12.1. The fourth-order valence-corrected chi connectivity index (χ4v) is 1.78. The molecule has 0 aromatic carbocycles. The number of hydrogen-bond donors (Lipinski definition) is 2. The fourth-order valence-electron chi connectivity index (χ4n) is 1.78. The van der Waals surface area contributed by atoms with Gasteiger partial charge in [-0.1, -0.05) is 0 Å². The smallest absolute Gasteiger partial charge is 0.420 e. The van der Waals surface area contributed by atoms with E-state index in [-0.39, 0.29) is 24.8 Å². The summed E-state index contributed by atoms with van der Waals surface area (Å²) in [4.78, 5) is 30.8. The number of carbonyl (C=O) groups is 2. The Kier molecular flexibility index (Phi) is 6.66. The molecule has 2 aromatic heterocycles. The summed E-state index contributed by atoms with van der Waals surface area (Å²) in [7, 11) is 0. The molecule has 9 heteroatoms. The zero-order valence-electron chi connectivity index (χ0n) is 13.6. The molecule has 2 rings (SSSR count). The highest BCUT2D eigenvalue weighted by Gasteiger charge is 2.14. The molecule has 25 heavy (non-hydrogen) atoms.